The van der Waals surface area contributed by atoms with Crippen molar-refractivity contribution in [1.82, 2.24) is 0 Å². The Morgan fingerprint density at radius 1 is 1.07 bits per heavy atom. The molecule has 0 radical (unpaired) electrons. The summed E-state index contributed by atoms with van der Waals surface area (Å²) in [6.45, 7) is 2.45. The molecule has 4 rings (SSSR count). The van der Waals surface area contributed by atoms with Crippen molar-refractivity contribution in [1.29, 1.82) is 0 Å². The number of rotatable bonds is 6. The van der Waals surface area contributed by atoms with Crippen molar-refractivity contribution in [2.75, 3.05) is 6.61 Å². The van der Waals surface area contributed by atoms with E-state index in [2.05, 4.69) is 0 Å². The highest BCUT2D eigenvalue weighted by atomic mass is 19.1. The number of hydrogen-bond donors (Lipinski definition) is 1. The zero-order chi connectivity index (χ0) is 19.0. The number of furan rings is 1. The van der Waals surface area contributed by atoms with Crippen LogP contribution in [0.2, 0.25) is 0 Å². The first-order valence-corrected chi connectivity index (χ1v) is 9.75. The first-order chi connectivity index (χ1) is 13.1. The van der Waals surface area contributed by atoms with Crippen molar-refractivity contribution in [2.45, 2.75) is 51.6 Å². The number of aliphatic hydroxyl groups is 1. The number of fused-ring (bicyclic) bond motifs is 3. The van der Waals surface area contributed by atoms with E-state index in [0.717, 1.165) is 38.5 Å². The molecule has 0 aliphatic heterocycles. The van der Waals surface area contributed by atoms with E-state index < -0.39 is 17.7 Å². The lowest BCUT2D eigenvalue weighted by atomic mass is 9.93. The van der Waals surface area contributed by atoms with E-state index in [4.69, 9.17) is 9.15 Å². The lowest BCUT2D eigenvalue weighted by molar-refractivity contribution is 0.108. The van der Waals surface area contributed by atoms with Crippen LogP contribution in [0.3, 0.4) is 0 Å². The van der Waals surface area contributed by atoms with Crippen molar-refractivity contribution in [3.8, 4) is 5.75 Å². The summed E-state index contributed by atoms with van der Waals surface area (Å²) in [5.74, 6) is -1.04. The molecule has 3 aromatic rings. The Morgan fingerprint density at radius 3 is 2.44 bits per heavy atom. The normalized spacial score (nSPS) is 16.4. The van der Waals surface area contributed by atoms with E-state index in [0.29, 0.717) is 17.4 Å². The minimum Gasteiger partial charge on any atom is -0.490 e. The predicted molar refractivity (Wildman–Crippen MR) is 101 cm³/mol. The third-order valence-electron chi connectivity index (χ3n) is 5.60. The van der Waals surface area contributed by atoms with Gasteiger partial charge < -0.3 is 14.3 Å². The first kappa shape index (κ1) is 18.2. The van der Waals surface area contributed by atoms with Crippen molar-refractivity contribution in [2.24, 2.45) is 5.92 Å². The van der Waals surface area contributed by atoms with Gasteiger partial charge in [-0.05, 0) is 43.4 Å². The summed E-state index contributed by atoms with van der Waals surface area (Å²) in [5.41, 5.74) is 0.211. The van der Waals surface area contributed by atoms with E-state index in [1.807, 2.05) is 6.92 Å². The number of unbranched alkanes of at least 4 members (excludes halogenated alkanes) is 1. The van der Waals surface area contributed by atoms with Crippen molar-refractivity contribution in [3.63, 3.8) is 0 Å². The first-order valence-electron chi connectivity index (χ1n) is 9.75. The molecule has 1 aromatic heterocycles. The van der Waals surface area contributed by atoms with Crippen LogP contribution in [0.15, 0.2) is 28.7 Å². The van der Waals surface area contributed by atoms with E-state index >= 15 is 4.39 Å². The molecule has 1 aliphatic rings. The van der Waals surface area contributed by atoms with Crippen LogP contribution in [-0.2, 0) is 0 Å². The summed E-state index contributed by atoms with van der Waals surface area (Å²) in [5, 5.41) is 11.6. The van der Waals surface area contributed by atoms with Crippen LogP contribution >= 0.6 is 0 Å². The van der Waals surface area contributed by atoms with Gasteiger partial charge in [-0.3, -0.25) is 0 Å². The molecular formula is C22H24F2O3. The van der Waals surface area contributed by atoms with Gasteiger partial charge in [-0.15, -0.1) is 0 Å². The zero-order valence-electron chi connectivity index (χ0n) is 15.4. The molecule has 0 spiro atoms. The molecule has 27 heavy (non-hydrogen) atoms. The van der Waals surface area contributed by atoms with Crippen LogP contribution in [-0.4, -0.2) is 11.7 Å². The van der Waals surface area contributed by atoms with Crippen LogP contribution in [0.4, 0.5) is 8.78 Å². The summed E-state index contributed by atoms with van der Waals surface area (Å²) in [7, 11) is 0. The number of aliphatic hydroxyl groups excluding tert-OH is 1. The van der Waals surface area contributed by atoms with Crippen molar-refractivity contribution < 1.29 is 23.0 Å². The number of benzene rings is 2. The number of hydrogen-bond acceptors (Lipinski definition) is 3. The molecule has 1 N–H and O–H groups in total. The van der Waals surface area contributed by atoms with E-state index in [1.54, 1.807) is 24.3 Å². The molecule has 0 amide bonds. The SMILES string of the molecule is CCCCOc1ccc2c(oc3c(F)c(C(O)C4CCCC4)ccc32)c1F. The fraction of sp³-hybridized carbons (Fsp3) is 0.455. The average Bonchev–Trinajstić information content (AvgIpc) is 3.32. The monoisotopic (exact) mass is 374 g/mol. The lowest BCUT2D eigenvalue weighted by Gasteiger charge is -2.18. The lowest BCUT2D eigenvalue weighted by Crippen LogP contribution is -2.10. The minimum absolute atomic E-state index is 0.00888. The topological polar surface area (TPSA) is 42.6 Å². The van der Waals surface area contributed by atoms with Crippen LogP contribution < -0.4 is 4.74 Å². The molecule has 1 heterocycles. The van der Waals surface area contributed by atoms with Gasteiger partial charge >= 0.3 is 0 Å². The smallest absolute Gasteiger partial charge is 0.208 e. The summed E-state index contributed by atoms with van der Waals surface area (Å²) >= 11 is 0. The van der Waals surface area contributed by atoms with Crippen LogP contribution in [0, 0.1) is 17.6 Å². The summed E-state index contributed by atoms with van der Waals surface area (Å²) < 4.78 is 40.9. The van der Waals surface area contributed by atoms with Gasteiger partial charge in [0.15, 0.2) is 22.7 Å². The molecule has 1 unspecified atom stereocenters. The minimum atomic E-state index is -0.858. The third-order valence-corrected chi connectivity index (χ3v) is 5.60. The molecule has 1 atom stereocenters. The fourth-order valence-corrected chi connectivity index (χ4v) is 4.03. The molecule has 2 aromatic carbocycles. The highest BCUT2D eigenvalue weighted by Crippen LogP contribution is 2.41. The molecule has 1 aliphatic carbocycles. The fourth-order valence-electron chi connectivity index (χ4n) is 4.03. The predicted octanol–water partition coefficient (Wildman–Crippen LogP) is 6.27. The van der Waals surface area contributed by atoms with Crippen LogP contribution in [0.5, 0.6) is 5.75 Å². The molecule has 0 bridgehead atoms. The van der Waals surface area contributed by atoms with E-state index in [1.165, 1.54) is 0 Å². The van der Waals surface area contributed by atoms with Crippen molar-refractivity contribution >= 4 is 21.9 Å². The Hall–Kier alpha value is -2.14. The van der Waals surface area contributed by atoms with Crippen LogP contribution in [0.25, 0.3) is 21.9 Å². The molecule has 5 heteroatoms. The molecular weight excluding hydrogens is 350 g/mol. The Bertz CT molecular complexity index is 957. The second-order valence-electron chi connectivity index (χ2n) is 7.39. The van der Waals surface area contributed by atoms with Gasteiger partial charge in [-0.1, -0.05) is 32.3 Å². The molecule has 144 valence electrons. The summed E-state index contributed by atoms with van der Waals surface area (Å²) in [6, 6.07) is 6.55. The van der Waals surface area contributed by atoms with Crippen molar-refractivity contribution in [3.05, 3.63) is 41.5 Å². The maximum atomic E-state index is 15.1. The summed E-state index contributed by atoms with van der Waals surface area (Å²) in [6.07, 6.45) is 4.82. The second-order valence-corrected chi connectivity index (χ2v) is 7.39. The van der Waals surface area contributed by atoms with Gasteiger partial charge in [-0.2, -0.15) is 4.39 Å². The second kappa shape index (κ2) is 7.47. The van der Waals surface area contributed by atoms with Gasteiger partial charge in [0.05, 0.1) is 12.7 Å². The molecule has 3 nitrogen and oxygen atoms in total. The molecule has 1 fully saturated rings. The standard InChI is InChI=1S/C22H24F2O3/c1-2-3-12-26-17-11-10-15-14-8-9-16(20(25)13-6-4-5-7-13)18(23)21(14)27-22(15)19(17)24/h8-11,13,20,25H,2-7,12H2,1H3. The Kier molecular flexibility index (Phi) is 5.04. The van der Waals surface area contributed by atoms with Gasteiger partial charge in [0.1, 0.15) is 0 Å². The van der Waals surface area contributed by atoms with Gasteiger partial charge in [0, 0.05) is 16.3 Å². The maximum Gasteiger partial charge on any atom is 0.208 e. The largest absolute Gasteiger partial charge is 0.490 e. The van der Waals surface area contributed by atoms with Crippen LogP contribution in [0.1, 0.15) is 57.1 Å². The Balaban J connectivity index is 1.76. The highest BCUT2D eigenvalue weighted by Gasteiger charge is 2.28. The maximum absolute atomic E-state index is 15.1. The third kappa shape index (κ3) is 3.18. The van der Waals surface area contributed by atoms with Gasteiger partial charge in [-0.25, -0.2) is 4.39 Å². The quantitative estimate of drug-likeness (QED) is 0.517. The average molecular weight is 374 g/mol. The Morgan fingerprint density at radius 2 is 1.74 bits per heavy atom. The molecule has 1 saturated carbocycles. The Labute approximate surface area is 156 Å². The number of ether oxygens (including phenoxy) is 1. The van der Waals surface area contributed by atoms with E-state index in [-0.39, 0.29) is 28.4 Å². The van der Waals surface area contributed by atoms with Gasteiger partial charge in [0.2, 0.25) is 5.82 Å². The zero-order valence-corrected chi connectivity index (χ0v) is 15.4. The van der Waals surface area contributed by atoms with Gasteiger partial charge in [0.25, 0.3) is 0 Å². The number of halogens is 2. The highest BCUT2D eigenvalue weighted by molar-refractivity contribution is 6.05. The van der Waals surface area contributed by atoms with E-state index in [9.17, 15) is 9.50 Å². The summed E-state index contributed by atoms with van der Waals surface area (Å²) in [4.78, 5) is 0. The molecule has 0 saturated heterocycles.